The Bertz CT molecular complexity index is 854. The number of non-ortho nitro benzene ring substituents is 1. The van der Waals surface area contributed by atoms with Crippen LogP contribution in [0.25, 0.3) is 0 Å². The van der Waals surface area contributed by atoms with Crippen molar-refractivity contribution in [3.63, 3.8) is 0 Å². The van der Waals surface area contributed by atoms with Gasteiger partial charge in [0.15, 0.2) is 0 Å². The van der Waals surface area contributed by atoms with Gasteiger partial charge in [-0.05, 0) is 24.7 Å². The normalized spacial score (nSPS) is 10.9. The van der Waals surface area contributed by atoms with Crippen LogP contribution in [0.4, 0.5) is 5.69 Å². The molecule has 1 N–H and O–H groups in total. The molecular weight excluding hydrogens is 298 g/mol. The second-order valence-electron chi connectivity index (χ2n) is 3.95. The zero-order chi connectivity index (χ0) is 15.6. The lowest BCUT2D eigenvalue weighted by molar-refractivity contribution is -0.385. The molecule has 1 heterocycles. The number of aromatic nitrogens is 3. The van der Waals surface area contributed by atoms with E-state index >= 15 is 0 Å². The Morgan fingerprint density at radius 1 is 1.52 bits per heavy atom. The average Bonchev–Trinajstić information content (AvgIpc) is 2.44. The van der Waals surface area contributed by atoms with Crippen LogP contribution in [-0.2, 0) is 0 Å². The number of aromatic amines is 1. The molecule has 0 saturated heterocycles. The lowest BCUT2D eigenvalue weighted by Gasteiger charge is -2.08. The van der Waals surface area contributed by atoms with Gasteiger partial charge in [-0.25, -0.2) is 0 Å². The smallest absolute Gasteiger partial charge is 0.296 e. The van der Waals surface area contributed by atoms with Crippen molar-refractivity contribution in [2.24, 2.45) is 5.10 Å². The average molecular weight is 306 g/mol. The predicted molar refractivity (Wildman–Crippen MR) is 74.0 cm³/mol. The van der Waals surface area contributed by atoms with Gasteiger partial charge in [0.05, 0.1) is 11.1 Å². The van der Waals surface area contributed by atoms with Gasteiger partial charge in [-0.15, -0.1) is 0 Å². The Hall–Kier alpha value is -2.88. The number of rotatable bonds is 3. The molecule has 9 nitrogen and oxygen atoms in total. The van der Waals surface area contributed by atoms with Crippen molar-refractivity contribution in [1.29, 1.82) is 0 Å². The number of nitro groups is 1. The molecule has 0 aliphatic carbocycles. The molecule has 0 aliphatic rings. The summed E-state index contributed by atoms with van der Waals surface area (Å²) in [6.07, 6.45) is 1.04. The van der Waals surface area contributed by atoms with Crippen LogP contribution in [0.5, 0.6) is 5.75 Å². The van der Waals surface area contributed by atoms with Crippen LogP contribution in [-0.4, -0.2) is 26.0 Å². The second-order valence-corrected chi connectivity index (χ2v) is 4.34. The molecule has 10 heteroatoms. The number of nitrogens with one attached hydrogen (secondary N) is 1. The summed E-state index contributed by atoms with van der Waals surface area (Å²) in [4.78, 5) is 21.8. The molecule has 0 bridgehead atoms. The minimum atomic E-state index is -0.633. The third-order valence-electron chi connectivity index (χ3n) is 2.53. The van der Waals surface area contributed by atoms with Crippen molar-refractivity contribution in [3.8, 4) is 5.75 Å². The summed E-state index contributed by atoms with van der Waals surface area (Å²) >= 11 is 4.86. The summed E-state index contributed by atoms with van der Waals surface area (Å²) in [6.45, 7) is 1.46. The zero-order valence-electron chi connectivity index (χ0n) is 10.6. The topological polar surface area (TPSA) is 129 Å². The molecule has 0 radical (unpaired) electrons. The van der Waals surface area contributed by atoms with Crippen LogP contribution in [0.2, 0.25) is 0 Å². The molecule has 0 amide bonds. The molecule has 21 heavy (non-hydrogen) atoms. The summed E-state index contributed by atoms with van der Waals surface area (Å²) < 4.78 is 0.787. The van der Waals surface area contributed by atoms with Crippen molar-refractivity contribution >= 4 is 24.1 Å². The Balaban J connectivity index is 2.50. The molecular formula is C11H8N5O4S-. The lowest BCUT2D eigenvalue weighted by Crippen LogP contribution is -2.22. The van der Waals surface area contributed by atoms with Gasteiger partial charge in [0.1, 0.15) is 5.69 Å². The van der Waals surface area contributed by atoms with E-state index in [0.717, 1.165) is 29.1 Å². The fraction of sp³-hybridized carbons (Fsp3) is 0.0909. The van der Waals surface area contributed by atoms with Crippen molar-refractivity contribution < 1.29 is 10.0 Å². The minimum absolute atomic E-state index is 0.0278. The maximum Gasteiger partial charge on any atom is 0.296 e. The first-order valence-electron chi connectivity index (χ1n) is 5.58. The summed E-state index contributed by atoms with van der Waals surface area (Å²) in [5.74, 6) is -0.460. The van der Waals surface area contributed by atoms with Crippen molar-refractivity contribution in [2.75, 3.05) is 0 Å². The summed E-state index contributed by atoms with van der Waals surface area (Å²) in [7, 11) is 0. The van der Waals surface area contributed by atoms with Gasteiger partial charge in [-0.3, -0.25) is 20.0 Å². The van der Waals surface area contributed by atoms with E-state index < -0.39 is 16.2 Å². The van der Waals surface area contributed by atoms with Gasteiger partial charge < -0.3 is 5.11 Å². The SMILES string of the molecule is Cc1n[nH]c(=S)n(/N=C\c2cc([N+](=O)[O-])ccc2[O-])c1=O. The second kappa shape index (κ2) is 5.63. The summed E-state index contributed by atoms with van der Waals surface area (Å²) in [5.41, 5.74) is -0.686. The molecule has 0 aliphatic heterocycles. The van der Waals surface area contributed by atoms with Gasteiger partial charge in [0.2, 0.25) is 4.77 Å². The highest BCUT2D eigenvalue weighted by Crippen LogP contribution is 2.19. The van der Waals surface area contributed by atoms with E-state index in [4.69, 9.17) is 12.2 Å². The highest BCUT2D eigenvalue weighted by atomic mass is 32.1. The van der Waals surface area contributed by atoms with Crippen LogP contribution >= 0.6 is 12.2 Å². The van der Waals surface area contributed by atoms with Gasteiger partial charge in [-0.2, -0.15) is 14.9 Å². The minimum Gasteiger partial charge on any atom is -0.872 e. The molecule has 1 aromatic carbocycles. The fourth-order valence-corrected chi connectivity index (χ4v) is 1.62. The third-order valence-corrected chi connectivity index (χ3v) is 2.79. The predicted octanol–water partition coefficient (Wildman–Crippen LogP) is 0.473. The van der Waals surface area contributed by atoms with Gasteiger partial charge >= 0.3 is 0 Å². The number of aryl methyl sites for hydroxylation is 1. The molecule has 2 rings (SSSR count). The molecule has 2 aromatic rings. The highest BCUT2D eigenvalue weighted by Gasteiger charge is 2.06. The first kappa shape index (κ1) is 14.5. The molecule has 0 atom stereocenters. The maximum atomic E-state index is 11.8. The van der Waals surface area contributed by atoms with Crippen molar-refractivity contribution in [3.05, 3.63) is 54.7 Å². The monoisotopic (exact) mass is 306 g/mol. The molecule has 1 aromatic heterocycles. The Morgan fingerprint density at radius 3 is 2.90 bits per heavy atom. The van der Waals surface area contributed by atoms with Crippen molar-refractivity contribution in [2.45, 2.75) is 6.92 Å². The molecule has 0 saturated carbocycles. The number of H-pyrrole nitrogens is 1. The zero-order valence-corrected chi connectivity index (χ0v) is 11.5. The van der Waals surface area contributed by atoms with E-state index in [0.29, 0.717) is 0 Å². The number of benzene rings is 1. The van der Waals surface area contributed by atoms with E-state index in [-0.39, 0.29) is 21.7 Å². The maximum absolute atomic E-state index is 11.8. The summed E-state index contributed by atoms with van der Waals surface area (Å²) in [6, 6.07) is 3.22. The van der Waals surface area contributed by atoms with Crippen LogP contribution in [0.3, 0.4) is 0 Å². The number of hydrogen-bond acceptors (Lipinski definition) is 7. The Labute approximate surface area is 122 Å². The highest BCUT2D eigenvalue weighted by molar-refractivity contribution is 7.71. The summed E-state index contributed by atoms with van der Waals surface area (Å²) in [5, 5.41) is 32.1. The largest absolute Gasteiger partial charge is 0.872 e. The van der Waals surface area contributed by atoms with Crippen molar-refractivity contribution in [1.82, 2.24) is 14.9 Å². The van der Waals surface area contributed by atoms with E-state index in [1.165, 1.54) is 6.92 Å². The number of nitro benzene ring substituents is 1. The standard InChI is InChI=1S/C11H9N5O4S/c1-6-10(18)15(11(21)14-13-6)12-5-7-4-8(16(19)20)2-3-9(7)17/h2-5,17H,1H3,(H,14,21)/p-1/b12-5-. The Kier molecular flexibility index (Phi) is 3.89. The van der Waals surface area contributed by atoms with Crippen LogP contribution in [0.1, 0.15) is 11.3 Å². The van der Waals surface area contributed by atoms with Crippen LogP contribution in [0, 0.1) is 21.8 Å². The quantitative estimate of drug-likeness (QED) is 0.380. The molecule has 0 spiro atoms. The number of nitrogens with zero attached hydrogens (tertiary/aromatic N) is 4. The Morgan fingerprint density at radius 2 is 2.24 bits per heavy atom. The molecule has 0 unspecified atom stereocenters. The van der Waals surface area contributed by atoms with Gasteiger partial charge in [-0.1, -0.05) is 11.8 Å². The first-order chi connectivity index (χ1) is 9.90. The molecule has 0 fully saturated rings. The van der Waals surface area contributed by atoms with Crippen LogP contribution in [0.15, 0.2) is 28.1 Å². The van der Waals surface area contributed by atoms with Gasteiger partial charge in [0, 0.05) is 12.1 Å². The first-order valence-corrected chi connectivity index (χ1v) is 5.99. The lowest BCUT2D eigenvalue weighted by atomic mass is 10.2. The van der Waals surface area contributed by atoms with E-state index in [1.54, 1.807) is 0 Å². The van der Waals surface area contributed by atoms with E-state index in [1.807, 2.05) is 0 Å². The van der Waals surface area contributed by atoms with Gasteiger partial charge in [0.25, 0.3) is 11.2 Å². The van der Waals surface area contributed by atoms with E-state index in [9.17, 15) is 20.0 Å². The van der Waals surface area contributed by atoms with Crippen LogP contribution < -0.4 is 10.7 Å². The van der Waals surface area contributed by atoms with E-state index in [2.05, 4.69) is 15.3 Å². The number of hydrogen-bond donors (Lipinski definition) is 1. The molecule has 108 valence electrons. The fourth-order valence-electron chi connectivity index (χ4n) is 1.45. The third kappa shape index (κ3) is 3.00.